The maximum absolute atomic E-state index is 12.7. The number of nitrogens with one attached hydrogen (secondary N) is 1. The number of aromatic hydroxyl groups is 2. The molecule has 5 heteroatoms. The first-order chi connectivity index (χ1) is 15.9. The molecule has 0 bridgehead atoms. The minimum absolute atomic E-state index is 0.0792. The minimum atomic E-state index is -0.194. The highest BCUT2D eigenvalue weighted by molar-refractivity contribution is 5.92. The number of ether oxygens (including phenoxy) is 1. The van der Waals surface area contributed by atoms with Gasteiger partial charge in [0.05, 0.1) is 7.11 Å². The Kier molecular flexibility index (Phi) is 5.43. The first-order valence-electron chi connectivity index (χ1n) is 11.8. The number of rotatable bonds is 4. The Balaban J connectivity index is 1.29. The van der Waals surface area contributed by atoms with Gasteiger partial charge in [0, 0.05) is 12.1 Å². The summed E-state index contributed by atoms with van der Waals surface area (Å²) in [7, 11) is 1.71. The summed E-state index contributed by atoms with van der Waals surface area (Å²) in [5, 5.41) is 22.4. The van der Waals surface area contributed by atoms with Gasteiger partial charge in [0.15, 0.2) is 11.5 Å². The van der Waals surface area contributed by atoms with Gasteiger partial charge >= 0.3 is 0 Å². The molecular weight excluding hydrogens is 414 g/mol. The molecule has 2 aromatic carbocycles. The Bertz CT molecular complexity index is 1140. The van der Waals surface area contributed by atoms with Gasteiger partial charge in [0.25, 0.3) is 0 Å². The van der Waals surface area contributed by atoms with Crippen LogP contribution in [0, 0.1) is 17.3 Å². The molecule has 5 nitrogen and oxygen atoms in total. The Hall–Kier alpha value is -3.21. The summed E-state index contributed by atoms with van der Waals surface area (Å²) in [5.41, 5.74) is 3.44. The lowest BCUT2D eigenvalue weighted by atomic mass is 9.56. The predicted molar refractivity (Wildman–Crippen MR) is 129 cm³/mol. The van der Waals surface area contributed by atoms with Crippen molar-refractivity contribution in [2.75, 3.05) is 7.11 Å². The number of hydrogen-bond donors (Lipinski definition) is 3. The molecule has 0 radical (unpaired) electrons. The van der Waals surface area contributed by atoms with Crippen LogP contribution in [0.2, 0.25) is 0 Å². The molecular formula is C28H31NO4. The van der Waals surface area contributed by atoms with Crippen LogP contribution >= 0.6 is 0 Å². The summed E-state index contributed by atoms with van der Waals surface area (Å²) in [6.45, 7) is 2.35. The van der Waals surface area contributed by atoms with Crippen LogP contribution in [0.1, 0.15) is 55.2 Å². The van der Waals surface area contributed by atoms with Crippen LogP contribution in [-0.2, 0) is 4.79 Å². The SMILES string of the molecule is COc1ccc2c(c1)C=CC1C2CC[C@]2(C)C(NC(=O)/C=C/c3ccc(O)c(O)c3)CCC12. The van der Waals surface area contributed by atoms with Gasteiger partial charge in [-0.15, -0.1) is 0 Å². The lowest BCUT2D eigenvalue weighted by Gasteiger charge is -2.49. The maximum atomic E-state index is 12.7. The van der Waals surface area contributed by atoms with Crippen LogP contribution in [0.25, 0.3) is 12.2 Å². The lowest BCUT2D eigenvalue weighted by Crippen LogP contribution is -2.49. The zero-order chi connectivity index (χ0) is 23.2. The van der Waals surface area contributed by atoms with E-state index in [1.54, 1.807) is 19.3 Å². The number of phenols is 2. The second-order valence-corrected chi connectivity index (χ2v) is 9.91. The van der Waals surface area contributed by atoms with Crippen molar-refractivity contribution in [3.63, 3.8) is 0 Å². The Morgan fingerprint density at radius 2 is 1.97 bits per heavy atom. The molecule has 0 aromatic heterocycles. The zero-order valence-electron chi connectivity index (χ0n) is 19.1. The quantitative estimate of drug-likeness (QED) is 0.444. The molecule has 3 aliphatic carbocycles. The highest BCUT2D eigenvalue weighted by atomic mass is 16.5. The van der Waals surface area contributed by atoms with Gasteiger partial charge in [-0.05, 0) is 95.9 Å². The summed E-state index contributed by atoms with van der Waals surface area (Å²) in [6.07, 6.45) is 12.2. The highest BCUT2D eigenvalue weighted by Gasteiger charge is 2.54. The molecule has 5 atom stereocenters. The molecule has 2 aromatic rings. The molecule has 172 valence electrons. The van der Waals surface area contributed by atoms with E-state index >= 15 is 0 Å². The number of hydrogen-bond acceptors (Lipinski definition) is 4. The van der Waals surface area contributed by atoms with E-state index in [1.807, 2.05) is 0 Å². The van der Waals surface area contributed by atoms with Crippen LogP contribution in [0.5, 0.6) is 17.2 Å². The third-order valence-electron chi connectivity index (χ3n) is 8.27. The molecule has 4 unspecified atom stereocenters. The largest absolute Gasteiger partial charge is 0.504 e. The van der Waals surface area contributed by atoms with Gasteiger partial charge in [-0.1, -0.05) is 31.2 Å². The summed E-state index contributed by atoms with van der Waals surface area (Å²) in [6, 6.07) is 11.1. The summed E-state index contributed by atoms with van der Waals surface area (Å²) < 4.78 is 5.41. The summed E-state index contributed by atoms with van der Waals surface area (Å²) >= 11 is 0. The maximum Gasteiger partial charge on any atom is 0.244 e. The number of phenolic OH excluding ortho intramolecular Hbond substituents is 2. The van der Waals surface area contributed by atoms with E-state index in [0.29, 0.717) is 23.3 Å². The molecule has 0 saturated heterocycles. The smallest absolute Gasteiger partial charge is 0.244 e. The number of methoxy groups -OCH3 is 1. The molecule has 5 rings (SSSR count). The first-order valence-corrected chi connectivity index (χ1v) is 11.8. The molecule has 3 N–H and O–H groups in total. The molecule has 2 saturated carbocycles. The van der Waals surface area contributed by atoms with Crippen LogP contribution in [0.4, 0.5) is 0 Å². The standard InChI is InChI=1S/C28H31NO4/c1-28-14-13-21-20-8-6-19(33-2)16-18(20)5-7-22(21)23(28)9-11-26(28)29-27(32)12-4-17-3-10-24(30)25(31)15-17/h3-8,10,12,15-16,21-23,26,30-31H,9,11,13-14H2,1-2H3,(H,29,32)/b12-4+/t21?,22?,23?,26?,28-/m0/s1. The van der Waals surface area contributed by atoms with Crippen molar-refractivity contribution >= 4 is 18.1 Å². The molecule has 2 fully saturated rings. The van der Waals surface area contributed by atoms with Crippen molar-refractivity contribution in [3.8, 4) is 17.2 Å². The fraction of sp³-hybridized carbons (Fsp3) is 0.393. The molecule has 1 amide bonds. The molecule has 33 heavy (non-hydrogen) atoms. The van der Waals surface area contributed by atoms with E-state index < -0.39 is 0 Å². The number of fused-ring (bicyclic) bond motifs is 5. The number of amides is 1. The van der Waals surface area contributed by atoms with Crippen molar-refractivity contribution in [2.45, 2.75) is 44.6 Å². The average Bonchev–Trinajstić information content (AvgIpc) is 3.15. The van der Waals surface area contributed by atoms with Crippen molar-refractivity contribution in [1.82, 2.24) is 5.32 Å². The second kappa shape index (κ2) is 8.29. The number of carbonyl (C=O) groups excluding carboxylic acids is 1. The second-order valence-electron chi connectivity index (χ2n) is 9.91. The van der Waals surface area contributed by atoms with Crippen molar-refractivity contribution in [2.24, 2.45) is 17.3 Å². The van der Waals surface area contributed by atoms with E-state index in [2.05, 4.69) is 42.6 Å². The van der Waals surface area contributed by atoms with E-state index in [4.69, 9.17) is 4.74 Å². The zero-order valence-corrected chi connectivity index (χ0v) is 19.1. The van der Waals surface area contributed by atoms with Crippen LogP contribution in [-0.4, -0.2) is 29.3 Å². The van der Waals surface area contributed by atoms with Gasteiger partial charge < -0.3 is 20.3 Å². The Morgan fingerprint density at radius 3 is 2.76 bits per heavy atom. The molecule has 0 spiro atoms. The fourth-order valence-electron chi connectivity index (χ4n) is 6.48. The number of benzene rings is 2. The molecule has 0 heterocycles. The first kappa shape index (κ1) is 21.6. The highest BCUT2D eigenvalue weighted by Crippen LogP contribution is 2.60. The minimum Gasteiger partial charge on any atom is -0.504 e. The summed E-state index contributed by atoms with van der Waals surface area (Å²) in [4.78, 5) is 12.7. The molecule has 3 aliphatic rings. The van der Waals surface area contributed by atoms with Gasteiger partial charge in [-0.2, -0.15) is 0 Å². The van der Waals surface area contributed by atoms with Gasteiger partial charge in [0.2, 0.25) is 5.91 Å². The van der Waals surface area contributed by atoms with Gasteiger partial charge in [0.1, 0.15) is 5.75 Å². The molecule has 0 aliphatic heterocycles. The third-order valence-corrected chi connectivity index (χ3v) is 8.27. The van der Waals surface area contributed by atoms with Crippen molar-refractivity contribution in [1.29, 1.82) is 0 Å². The summed E-state index contributed by atoms with van der Waals surface area (Å²) in [5.74, 6) is 2.00. The Labute approximate surface area is 194 Å². The normalized spacial score (nSPS) is 29.9. The fourth-order valence-corrected chi connectivity index (χ4v) is 6.48. The van der Waals surface area contributed by atoms with E-state index in [9.17, 15) is 15.0 Å². The van der Waals surface area contributed by atoms with E-state index in [1.165, 1.54) is 29.3 Å². The topological polar surface area (TPSA) is 78.8 Å². The predicted octanol–water partition coefficient (Wildman–Crippen LogP) is 5.24. The van der Waals surface area contributed by atoms with Crippen LogP contribution < -0.4 is 10.1 Å². The third kappa shape index (κ3) is 3.79. The van der Waals surface area contributed by atoms with E-state index in [0.717, 1.165) is 31.4 Å². The van der Waals surface area contributed by atoms with Gasteiger partial charge in [-0.3, -0.25) is 4.79 Å². The average molecular weight is 446 g/mol. The lowest BCUT2D eigenvalue weighted by molar-refractivity contribution is -0.118. The number of allylic oxidation sites excluding steroid dienone is 1. The van der Waals surface area contributed by atoms with E-state index in [-0.39, 0.29) is 28.9 Å². The Morgan fingerprint density at radius 1 is 1.12 bits per heavy atom. The van der Waals surface area contributed by atoms with Crippen LogP contribution in [0.15, 0.2) is 48.6 Å². The van der Waals surface area contributed by atoms with Crippen LogP contribution in [0.3, 0.4) is 0 Å². The van der Waals surface area contributed by atoms with Gasteiger partial charge in [-0.25, -0.2) is 0 Å². The van der Waals surface area contributed by atoms with Crippen molar-refractivity contribution in [3.05, 3.63) is 65.2 Å². The monoisotopic (exact) mass is 445 g/mol. The number of carbonyl (C=O) groups is 1. The van der Waals surface area contributed by atoms with Crippen molar-refractivity contribution < 1.29 is 19.7 Å².